The van der Waals surface area contributed by atoms with Crippen molar-refractivity contribution in [2.75, 3.05) is 0 Å². The first-order valence-electron chi connectivity index (χ1n) is 1.48. The van der Waals surface area contributed by atoms with E-state index < -0.39 is 14.6 Å². The van der Waals surface area contributed by atoms with Crippen LogP contribution in [0.15, 0.2) is 0 Å². The molecule has 0 fully saturated rings. The van der Waals surface area contributed by atoms with Crippen LogP contribution in [0, 0.1) is 0 Å². The number of hydrogen-bond acceptors (Lipinski definition) is 6. The summed E-state index contributed by atoms with van der Waals surface area (Å²) in [4.78, 5) is 0. The van der Waals surface area contributed by atoms with Gasteiger partial charge in [0.05, 0.1) is 0 Å². The van der Waals surface area contributed by atoms with Crippen LogP contribution in [-0.2, 0) is 0 Å². The monoisotopic (exact) mass is 270 g/mol. The Balaban J connectivity index is -0.0000000300. The van der Waals surface area contributed by atoms with Crippen molar-refractivity contribution in [3.8, 4) is 0 Å². The normalized spacial score (nSPS) is 5.40. The molecular formula is H6B2InO6P. The van der Waals surface area contributed by atoms with Crippen molar-refractivity contribution in [2.45, 2.75) is 0 Å². The van der Waals surface area contributed by atoms with E-state index in [4.69, 9.17) is 30.1 Å². The van der Waals surface area contributed by atoms with E-state index in [-0.39, 0.29) is 35.7 Å². The van der Waals surface area contributed by atoms with E-state index in [9.17, 15) is 0 Å². The van der Waals surface area contributed by atoms with Crippen LogP contribution in [-0.4, -0.2) is 55.6 Å². The summed E-state index contributed by atoms with van der Waals surface area (Å²) in [5.74, 6) is 0. The second-order valence-corrected chi connectivity index (χ2v) is 0.635. The Morgan fingerprint density at radius 1 is 0.900 bits per heavy atom. The van der Waals surface area contributed by atoms with Gasteiger partial charge in [0.25, 0.3) is 0 Å². The smallest absolute Gasteiger partial charge is 0.907 e. The summed E-state index contributed by atoms with van der Waals surface area (Å²) >= 11 is 0. The van der Waals surface area contributed by atoms with Crippen molar-refractivity contribution in [3.63, 3.8) is 0 Å². The second kappa shape index (κ2) is 16.6. The van der Waals surface area contributed by atoms with Gasteiger partial charge in [-0.2, -0.15) is 9.90 Å². The first-order valence-corrected chi connectivity index (χ1v) is 1.48. The van der Waals surface area contributed by atoms with Gasteiger partial charge in [-0.25, -0.2) is 0 Å². The minimum atomic E-state index is -2.92. The summed E-state index contributed by atoms with van der Waals surface area (Å²) in [7, 11) is -5.08. The minimum Gasteiger partial charge on any atom is -0.907 e. The largest absolute Gasteiger partial charge is 3.00 e. The molecule has 10 heteroatoms. The van der Waals surface area contributed by atoms with Gasteiger partial charge < -0.3 is 30.1 Å². The SMILES string of the molecule is OB(O)O.P.[In+3].[O-]B([O-])[O-]. The first kappa shape index (κ1) is 22.5. The predicted octanol–water partition coefficient (Wildman–Crippen LogP) is -6.32. The van der Waals surface area contributed by atoms with Crippen molar-refractivity contribution in [1.82, 2.24) is 0 Å². The molecule has 3 N–H and O–H groups in total. The van der Waals surface area contributed by atoms with Gasteiger partial charge in [-0.05, 0) is 0 Å². The molecule has 1 atom stereocenters. The third-order valence-corrected chi connectivity index (χ3v) is 0. The maximum Gasteiger partial charge on any atom is 3.00 e. The molecule has 0 amide bonds. The molecule has 1 unspecified atom stereocenters. The Morgan fingerprint density at radius 3 is 0.900 bits per heavy atom. The number of hydrogen-bond donors (Lipinski definition) is 3. The van der Waals surface area contributed by atoms with Gasteiger partial charge >= 0.3 is 33.2 Å². The fourth-order valence-corrected chi connectivity index (χ4v) is 0. The third-order valence-electron chi connectivity index (χ3n) is 0. The molecule has 10 heavy (non-hydrogen) atoms. The van der Waals surface area contributed by atoms with Gasteiger partial charge in [-0.15, -0.1) is 0 Å². The van der Waals surface area contributed by atoms with E-state index in [1.807, 2.05) is 0 Å². The van der Waals surface area contributed by atoms with Crippen LogP contribution >= 0.6 is 9.90 Å². The zero-order valence-corrected chi connectivity index (χ0v) is 9.72. The number of rotatable bonds is 0. The van der Waals surface area contributed by atoms with E-state index in [0.29, 0.717) is 0 Å². The van der Waals surface area contributed by atoms with Gasteiger partial charge in [-0.3, -0.25) is 7.32 Å². The van der Waals surface area contributed by atoms with E-state index in [1.165, 1.54) is 0 Å². The molecule has 0 saturated carbocycles. The summed E-state index contributed by atoms with van der Waals surface area (Å²) in [5.41, 5.74) is 0. The van der Waals surface area contributed by atoms with E-state index in [2.05, 4.69) is 0 Å². The van der Waals surface area contributed by atoms with Crippen LogP contribution in [0.3, 0.4) is 0 Å². The van der Waals surface area contributed by atoms with Crippen molar-refractivity contribution < 1.29 is 30.1 Å². The standard InChI is InChI=1S/BH3O3.BO3.In.H3P/c2*2-1(3)4;;/h2-4H;;;1H3/q;-3;+3;. The Labute approximate surface area is 80.7 Å². The maximum atomic E-state index is 8.42. The fraction of sp³-hybridized carbons (Fsp3) is 0. The molecule has 0 aromatic heterocycles. The Bertz CT molecular complexity index is 31.2. The molecule has 0 aromatic carbocycles. The molecule has 0 spiro atoms. The molecule has 0 saturated heterocycles. The van der Waals surface area contributed by atoms with Gasteiger partial charge in [0.2, 0.25) is 0 Å². The van der Waals surface area contributed by atoms with Gasteiger partial charge in [0, 0.05) is 0 Å². The molecule has 0 aliphatic heterocycles. The summed E-state index contributed by atoms with van der Waals surface area (Å²) in [6.07, 6.45) is 0. The van der Waals surface area contributed by atoms with Crippen LogP contribution in [0.5, 0.6) is 0 Å². The first-order chi connectivity index (χ1) is 3.46. The summed E-state index contributed by atoms with van der Waals surface area (Å²) in [6, 6.07) is 0. The molecular weight excluding hydrogens is 263 g/mol. The molecule has 0 aliphatic rings. The zero-order valence-electron chi connectivity index (χ0n) is 5.01. The Hall–Kier alpha value is 1.19. The van der Waals surface area contributed by atoms with E-state index in [0.717, 1.165) is 0 Å². The van der Waals surface area contributed by atoms with Gasteiger partial charge in [0.15, 0.2) is 0 Å². The van der Waals surface area contributed by atoms with Crippen molar-refractivity contribution in [2.24, 2.45) is 0 Å². The minimum absolute atomic E-state index is 0. The van der Waals surface area contributed by atoms with Crippen LogP contribution in [0.1, 0.15) is 0 Å². The molecule has 6 nitrogen and oxygen atoms in total. The third kappa shape index (κ3) is 435. The van der Waals surface area contributed by atoms with Crippen molar-refractivity contribution >= 4 is 50.4 Å². The Kier molecular flexibility index (Phi) is 37.4. The van der Waals surface area contributed by atoms with Crippen LogP contribution < -0.4 is 15.1 Å². The molecule has 0 radical (unpaired) electrons. The average Bonchev–Trinajstić information content (AvgIpc) is 1.25. The maximum absolute atomic E-state index is 8.42. The van der Waals surface area contributed by atoms with E-state index in [1.54, 1.807) is 0 Å². The van der Waals surface area contributed by atoms with Crippen LogP contribution in [0.25, 0.3) is 0 Å². The van der Waals surface area contributed by atoms with Crippen molar-refractivity contribution in [1.29, 1.82) is 0 Å². The zero-order chi connectivity index (χ0) is 7.15. The molecule has 56 valence electrons. The summed E-state index contributed by atoms with van der Waals surface area (Å²) in [5, 5.41) is 46.7. The summed E-state index contributed by atoms with van der Waals surface area (Å²) < 4.78 is 0. The molecule has 0 aliphatic carbocycles. The quantitative estimate of drug-likeness (QED) is 0.296. The van der Waals surface area contributed by atoms with Crippen molar-refractivity contribution in [3.05, 3.63) is 0 Å². The van der Waals surface area contributed by atoms with Crippen LogP contribution in [0.4, 0.5) is 0 Å². The van der Waals surface area contributed by atoms with E-state index >= 15 is 0 Å². The molecule has 0 bridgehead atoms. The molecule has 0 aromatic rings. The Morgan fingerprint density at radius 2 is 0.900 bits per heavy atom. The molecule has 0 heterocycles. The fourth-order valence-electron chi connectivity index (χ4n) is 0. The summed E-state index contributed by atoms with van der Waals surface area (Å²) in [6.45, 7) is 0. The van der Waals surface area contributed by atoms with Gasteiger partial charge in [0.1, 0.15) is 0 Å². The van der Waals surface area contributed by atoms with Crippen LogP contribution in [0.2, 0.25) is 0 Å². The molecule has 0 rings (SSSR count). The average molecular weight is 269 g/mol. The van der Waals surface area contributed by atoms with Gasteiger partial charge in [-0.1, -0.05) is 0 Å². The topological polar surface area (TPSA) is 130 Å². The second-order valence-electron chi connectivity index (χ2n) is 0.635. The predicted molar refractivity (Wildman–Crippen MR) is 35.0 cm³/mol.